The van der Waals surface area contributed by atoms with Crippen LogP contribution in [-0.4, -0.2) is 52.9 Å². The van der Waals surface area contributed by atoms with E-state index in [1.165, 1.54) is 12.0 Å². The first-order valence-corrected chi connectivity index (χ1v) is 7.42. The van der Waals surface area contributed by atoms with Gasteiger partial charge in [-0.25, -0.2) is 9.78 Å². The Morgan fingerprint density at radius 2 is 2.00 bits per heavy atom. The van der Waals surface area contributed by atoms with Crippen LogP contribution in [0.3, 0.4) is 0 Å². The predicted molar refractivity (Wildman–Crippen MR) is 82.5 cm³/mol. The van der Waals surface area contributed by atoms with Crippen molar-refractivity contribution in [3.8, 4) is 5.88 Å². The van der Waals surface area contributed by atoms with E-state index in [2.05, 4.69) is 4.98 Å². The van der Waals surface area contributed by atoms with E-state index >= 15 is 0 Å². The highest BCUT2D eigenvalue weighted by Gasteiger charge is 2.41. The lowest BCUT2D eigenvalue weighted by atomic mass is 9.90. The second-order valence-electron chi connectivity index (χ2n) is 6.57. The molecule has 2 rings (SSSR count). The van der Waals surface area contributed by atoms with Crippen molar-refractivity contribution in [1.82, 2.24) is 9.88 Å². The third-order valence-electron chi connectivity index (χ3n) is 3.69. The molecule has 7 nitrogen and oxygen atoms in total. The average molecular weight is 322 g/mol. The van der Waals surface area contributed by atoms with Gasteiger partial charge >= 0.3 is 12.1 Å². The van der Waals surface area contributed by atoms with Gasteiger partial charge in [-0.05, 0) is 26.3 Å². The van der Waals surface area contributed by atoms with Gasteiger partial charge in [-0.2, -0.15) is 0 Å². The van der Waals surface area contributed by atoms with E-state index in [1.807, 2.05) is 0 Å². The molecule has 1 aliphatic rings. The van der Waals surface area contributed by atoms with E-state index in [1.54, 1.807) is 39.1 Å². The minimum absolute atomic E-state index is 0.126. The van der Waals surface area contributed by atoms with Crippen LogP contribution in [0.2, 0.25) is 0 Å². The molecule has 2 atom stereocenters. The number of rotatable bonds is 3. The Hall–Kier alpha value is -2.31. The van der Waals surface area contributed by atoms with Gasteiger partial charge in [0.1, 0.15) is 5.60 Å². The largest absolute Gasteiger partial charge is 0.481 e. The van der Waals surface area contributed by atoms with Crippen molar-refractivity contribution in [2.24, 2.45) is 5.92 Å². The third kappa shape index (κ3) is 4.12. The lowest BCUT2D eigenvalue weighted by Gasteiger charge is -2.24. The van der Waals surface area contributed by atoms with Crippen LogP contribution >= 0.6 is 0 Å². The molecule has 0 aliphatic carbocycles. The highest BCUT2D eigenvalue weighted by atomic mass is 16.6. The maximum Gasteiger partial charge on any atom is 0.410 e. The number of amides is 1. The monoisotopic (exact) mass is 322 g/mol. The van der Waals surface area contributed by atoms with Crippen molar-refractivity contribution in [2.75, 3.05) is 20.2 Å². The molecule has 0 saturated carbocycles. The molecule has 1 aromatic heterocycles. The molecule has 1 aliphatic heterocycles. The zero-order valence-corrected chi connectivity index (χ0v) is 13.8. The summed E-state index contributed by atoms with van der Waals surface area (Å²) in [5, 5.41) is 9.45. The van der Waals surface area contributed by atoms with E-state index in [0.717, 1.165) is 5.56 Å². The first kappa shape index (κ1) is 17.1. The number of methoxy groups -OCH3 is 1. The van der Waals surface area contributed by atoms with Gasteiger partial charge in [0.25, 0.3) is 0 Å². The summed E-state index contributed by atoms with van der Waals surface area (Å²) < 4.78 is 10.3. The third-order valence-corrected chi connectivity index (χ3v) is 3.69. The molecule has 0 unspecified atom stereocenters. The number of ether oxygens (including phenoxy) is 2. The number of hydrogen-bond acceptors (Lipinski definition) is 5. The van der Waals surface area contributed by atoms with Gasteiger partial charge < -0.3 is 19.5 Å². The molecule has 1 N–H and O–H groups in total. The fourth-order valence-electron chi connectivity index (χ4n) is 2.60. The Bertz CT molecular complexity index is 579. The highest BCUT2D eigenvalue weighted by molar-refractivity contribution is 5.75. The van der Waals surface area contributed by atoms with E-state index in [9.17, 15) is 14.7 Å². The summed E-state index contributed by atoms with van der Waals surface area (Å²) in [6.07, 6.45) is 1.10. The number of aliphatic carboxylic acids is 1. The van der Waals surface area contributed by atoms with Crippen LogP contribution in [0.25, 0.3) is 0 Å². The van der Waals surface area contributed by atoms with Crippen LogP contribution in [-0.2, 0) is 9.53 Å². The van der Waals surface area contributed by atoms with Crippen LogP contribution in [0, 0.1) is 5.92 Å². The second-order valence-corrected chi connectivity index (χ2v) is 6.57. The standard InChI is InChI=1S/C16H22N2O5/c1-16(2,3)23-15(21)18-8-11(12(9-18)14(19)20)10-5-6-13(22-4)17-7-10/h5-7,11-12H,8-9H2,1-4H3,(H,19,20)/t11-,12+/m0/s1. The molecule has 126 valence electrons. The Labute approximate surface area is 135 Å². The molecule has 1 aromatic rings. The Morgan fingerprint density at radius 1 is 1.30 bits per heavy atom. The lowest BCUT2D eigenvalue weighted by molar-refractivity contribution is -0.141. The van der Waals surface area contributed by atoms with Gasteiger partial charge in [0.15, 0.2) is 0 Å². The first-order chi connectivity index (χ1) is 10.7. The van der Waals surface area contributed by atoms with Crippen molar-refractivity contribution in [3.63, 3.8) is 0 Å². The van der Waals surface area contributed by atoms with Crippen molar-refractivity contribution in [3.05, 3.63) is 23.9 Å². The number of hydrogen-bond donors (Lipinski definition) is 1. The maximum absolute atomic E-state index is 12.2. The number of carboxylic acids is 1. The van der Waals surface area contributed by atoms with Gasteiger partial charge in [0.2, 0.25) is 5.88 Å². The molecule has 0 aromatic carbocycles. The minimum Gasteiger partial charge on any atom is -0.481 e. The van der Waals surface area contributed by atoms with Crippen LogP contribution in [0.15, 0.2) is 18.3 Å². The molecule has 0 spiro atoms. The number of carboxylic acid groups (broad SMARTS) is 1. The van der Waals surface area contributed by atoms with E-state index in [4.69, 9.17) is 9.47 Å². The molecular formula is C16H22N2O5. The summed E-state index contributed by atoms with van der Waals surface area (Å²) in [6.45, 7) is 5.75. The molecular weight excluding hydrogens is 300 g/mol. The molecule has 1 saturated heterocycles. The number of carbonyl (C=O) groups excluding carboxylic acids is 1. The Kier molecular flexibility index (Phi) is 4.77. The fraction of sp³-hybridized carbons (Fsp3) is 0.562. The second kappa shape index (κ2) is 6.44. The number of carbonyl (C=O) groups is 2. The lowest BCUT2D eigenvalue weighted by Crippen LogP contribution is -2.35. The molecule has 2 heterocycles. The smallest absolute Gasteiger partial charge is 0.410 e. The van der Waals surface area contributed by atoms with E-state index < -0.39 is 23.6 Å². The van der Waals surface area contributed by atoms with Gasteiger partial charge in [0, 0.05) is 31.3 Å². The molecule has 1 fully saturated rings. The van der Waals surface area contributed by atoms with Gasteiger partial charge in [-0.3, -0.25) is 4.79 Å². The van der Waals surface area contributed by atoms with Crippen LogP contribution < -0.4 is 4.74 Å². The SMILES string of the molecule is COc1ccc([C@@H]2CN(C(=O)OC(C)(C)C)C[C@H]2C(=O)O)cn1. The van der Waals surface area contributed by atoms with Gasteiger partial charge in [0.05, 0.1) is 13.0 Å². The van der Waals surface area contributed by atoms with Gasteiger partial charge in [-0.1, -0.05) is 6.07 Å². The van der Waals surface area contributed by atoms with Gasteiger partial charge in [-0.15, -0.1) is 0 Å². The van der Waals surface area contributed by atoms with Crippen molar-refractivity contribution in [2.45, 2.75) is 32.3 Å². The van der Waals surface area contributed by atoms with Crippen LogP contribution in [0.4, 0.5) is 4.79 Å². The van der Waals surface area contributed by atoms with Crippen LogP contribution in [0.1, 0.15) is 32.3 Å². The first-order valence-electron chi connectivity index (χ1n) is 7.42. The van der Waals surface area contributed by atoms with Crippen molar-refractivity contribution < 1.29 is 24.2 Å². The minimum atomic E-state index is -0.933. The number of nitrogens with zero attached hydrogens (tertiary/aromatic N) is 2. The summed E-state index contributed by atoms with van der Waals surface area (Å²) in [5.74, 6) is -1.48. The quantitative estimate of drug-likeness (QED) is 0.917. The zero-order valence-electron chi connectivity index (χ0n) is 13.8. The average Bonchev–Trinajstić information content (AvgIpc) is 2.91. The van der Waals surface area contributed by atoms with Crippen molar-refractivity contribution >= 4 is 12.1 Å². The fourth-order valence-corrected chi connectivity index (χ4v) is 2.60. The zero-order chi connectivity index (χ0) is 17.2. The number of likely N-dealkylation sites (tertiary alicyclic amines) is 1. The maximum atomic E-state index is 12.2. The molecule has 0 bridgehead atoms. The topological polar surface area (TPSA) is 89.0 Å². The summed E-state index contributed by atoms with van der Waals surface area (Å²) >= 11 is 0. The Morgan fingerprint density at radius 3 is 2.48 bits per heavy atom. The van der Waals surface area contributed by atoms with E-state index in [0.29, 0.717) is 12.4 Å². The number of aromatic nitrogens is 1. The summed E-state index contributed by atoms with van der Waals surface area (Å²) in [5.41, 5.74) is 0.152. The molecule has 1 amide bonds. The van der Waals surface area contributed by atoms with Crippen molar-refractivity contribution in [1.29, 1.82) is 0 Å². The molecule has 0 radical (unpaired) electrons. The summed E-state index contributed by atoms with van der Waals surface area (Å²) in [6, 6.07) is 3.47. The van der Waals surface area contributed by atoms with Crippen LogP contribution in [0.5, 0.6) is 5.88 Å². The normalized spacial score (nSPS) is 21.1. The summed E-state index contributed by atoms with van der Waals surface area (Å²) in [7, 11) is 1.52. The van der Waals surface area contributed by atoms with E-state index in [-0.39, 0.29) is 12.5 Å². The summed E-state index contributed by atoms with van der Waals surface area (Å²) in [4.78, 5) is 29.3. The highest BCUT2D eigenvalue weighted by Crippen LogP contribution is 2.33. The molecule has 7 heteroatoms. The molecule has 23 heavy (non-hydrogen) atoms. The Balaban J connectivity index is 2.17. The number of pyridine rings is 1. The predicted octanol–water partition coefficient (Wildman–Crippen LogP) is 2.13.